The summed E-state index contributed by atoms with van der Waals surface area (Å²) in [4.78, 5) is 1.14. The molecule has 10 heavy (non-hydrogen) atoms. The molecule has 0 amide bonds. The second-order valence-electron chi connectivity index (χ2n) is 1.49. The second-order valence-corrected chi connectivity index (χ2v) is 1.49. The van der Waals surface area contributed by atoms with Gasteiger partial charge in [0.25, 0.3) is 0 Å². The summed E-state index contributed by atoms with van der Waals surface area (Å²) in [5, 5.41) is 6.46. The first-order chi connectivity index (χ1) is 4.86. The van der Waals surface area contributed by atoms with Crippen molar-refractivity contribution in [3.8, 4) is 5.75 Å². The molecule has 1 aromatic heterocycles. The Balaban J connectivity index is 2.67. The normalized spacial score (nSPS) is 8.90. The van der Waals surface area contributed by atoms with Crippen LogP contribution in [0.2, 0.25) is 0 Å². The molecule has 0 spiro atoms. The van der Waals surface area contributed by atoms with E-state index in [4.69, 9.17) is 10.3 Å². The lowest BCUT2D eigenvalue weighted by Gasteiger charge is -1.99. The van der Waals surface area contributed by atoms with E-state index < -0.39 is 0 Å². The van der Waals surface area contributed by atoms with E-state index in [2.05, 4.69) is 15.9 Å². The van der Waals surface area contributed by atoms with Crippen LogP contribution < -0.4 is 4.74 Å². The van der Waals surface area contributed by atoms with Crippen molar-refractivity contribution in [2.24, 2.45) is 5.22 Å². The molecular formula is C4H6N5O-. The third kappa shape index (κ3) is 1.22. The van der Waals surface area contributed by atoms with E-state index in [0.717, 1.165) is 4.79 Å². The van der Waals surface area contributed by atoms with Crippen LogP contribution in [0.25, 0.3) is 5.53 Å². The Morgan fingerprint density at radius 3 is 3.20 bits per heavy atom. The average molecular weight is 140 g/mol. The van der Waals surface area contributed by atoms with Crippen molar-refractivity contribution >= 4 is 0 Å². The van der Waals surface area contributed by atoms with E-state index in [1.54, 1.807) is 0 Å². The molecule has 54 valence electrons. The van der Waals surface area contributed by atoms with Gasteiger partial charge in [0, 0.05) is 6.20 Å². The Bertz CT molecular complexity index is 219. The molecule has 0 unspecified atom stereocenters. The Kier molecular flexibility index (Phi) is 1.83. The van der Waals surface area contributed by atoms with E-state index in [1.165, 1.54) is 19.5 Å². The van der Waals surface area contributed by atoms with Crippen LogP contribution in [-0.2, 0) is 0 Å². The van der Waals surface area contributed by atoms with Gasteiger partial charge in [-0.05, 0) is 0 Å². The summed E-state index contributed by atoms with van der Waals surface area (Å²) in [6, 6.07) is 0. The molecule has 0 saturated carbocycles. The molecule has 6 nitrogen and oxygen atoms in total. The third-order valence-corrected chi connectivity index (χ3v) is 0.918. The highest BCUT2D eigenvalue weighted by atomic mass is 16.5. The number of nitrogens with one attached hydrogen (secondary N) is 1. The van der Waals surface area contributed by atoms with Gasteiger partial charge in [0.05, 0.1) is 13.3 Å². The molecule has 0 aromatic carbocycles. The lowest BCUT2D eigenvalue weighted by Crippen LogP contribution is -1.86. The van der Waals surface area contributed by atoms with Gasteiger partial charge in [0.15, 0.2) is 0 Å². The van der Waals surface area contributed by atoms with Gasteiger partial charge in [-0.1, -0.05) is 0 Å². The minimum Gasteiger partial charge on any atom is -0.495 e. The lowest BCUT2D eigenvalue weighted by atomic mass is 10.7. The quantitative estimate of drug-likeness (QED) is 0.501. The molecule has 1 N–H and O–H groups in total. The molecular weight excluding hydrogens is 134 g/mol. The van der Waals surface area contributed by atoms with E-state index >= 15 is 0 Å². The Hall–Kier alpha value is -1.59. The first-order valence-electron chi connectivity index (χ1n) is 2.53. The van der Waals surface area contributed by atoms with Crippen molar-refractivity contribution < 1.29 is 4.74 Å². The minimum absolute atomic E-state index is 0.590. The highest BCUT2D eigenvalue weighted by Gasteiger charge is 1.88. The predicted molar refractivity (Wildman–Crippen MR) is 32.7 cm³/mol. The van der Waals surface area contributed by atoms with E-state index in [-0.39, 0.29) is 0 Å². The van der Waals surface area contributed by atoms with Crippen LogP contribution in [0.5, 0.6) is 5.75 Å². The molecule has 6 heteroatoms. The number of hydrogen-bond donors (Lipinski definition) is 1. The van der Waals surface area contributed by atoms with Crippen LogP contribution in [-0.4, -0.2) is 17.0 Å². The monoisotopic (exact) mass is 140 g/mol. The SMILES string of the molecule is COc1cnn([N-]N=N)c1. The van der Waals surface area contributed by atoms with Crippen LogP contribution in [0.4, 0.5) is 0 Å². The van der Waals surface area contributed by atoms with Crippen LogP contribution in [0, 0.1) is 5.53 Å². The van der Waals surface area contributed by atoms with Crippen molar-refractivity contribution in [2.45, 2.75) is 0 Å². The lowest BCUT2D eigenvalue weighted by molar-refractivity contribution is 0.414. The fourth-order valence-corrected chi connectivity index (χ4v) is 0.497. The first kappa shape index (κ1) is 6.53. The summed E-state index contributed by atoms with van der Waals surface area (Å²) in [7, 11) is 1.53. The number of rotatable bonds is 3. The van der Waals surface area contributed by atoms with Gasteiger partial charge in [0.2, 0.25) is 0 Å². The zero-order valence-corrected chi connectivity index (χ0v) is 5.35. The number of aromatic nitrogens is 2. The Labute approximate surface area is 57.2 Å². The number of methoxy groups -OCH3 is 1. The highest BCUT2D eigenvalue weighted by Crippen LogP contribution is 2.07. The molecule has 1 aromatic rings. The topological polar surface area (TPSA) is 77.4 Å². The van der Waals surface area contributed by atoms with Gasteiger partial charge in [-0.2, -0.15) is 10.8 Å². The van der Waals surface area contributed by atoms with E-state index in [0.29, 0.717) is 5.75 Å². The molecule has 0 saturated heterocycles. The van der Waals surface area contributed by atoms with Gasteiger partial charge in [-0.3, -0.25) is 9.89 Å². The Morgan fingerprint density at radius 2 is 2.70 bits per heavy atom. The summed E-state index contributed by atoms with van der Waals surface area (Å²) in [5.74, 6) is 0.590. The fourth-order valence-electron chi connectivity index (χ4n) is 0.497. The zero-order chi connectivity index (χ0) is 7.40. The molecule has 0 fully saturated rings. The van der Waals surface area contributed by atoms with Gasteiger partial charge in [-0.25, -0.2) is 0 Å². The maximum Gasteiger partial charge on any atom is 0.140 e. The standard InChI is InChI=1S/C4H6N5O/c1-10-4-2-6-9(3-4)8-7-5/h2-3H,1H3,(H-,5,8)/q-1. The third-order valence-electron chi connectivity index (χ3n) is 0.918. The summed E-state index contributed by atoms with van der Waals surface area (Å²) in [5.41, 5.74) is 9.66. The van der Waals surface area contributed by atoms with Gasteiger partial charge < -0.3 is 10.3 Å². The fraction of sp³-hybridized carbons (Fsp3) is 0.250. The van der Waals surface area contributed by atoms with E-state index in [9.17, 15) is 0 Å². The molecule has 0 aliphatic carbocycles. The van der Waals surface area contributed by atoms with Crippen LogP contribution in [0.15, 0.2) is 17.6 Å². The van der Waals surface area contributed by atoms with Gasteiger partial charge >= 0.3 is 0 Å². The second kappa shape index (κ2) is 2.81. The van der Waals surface area contributed by atoms with E-state index in [1.807, 2.05) is 0 Å². The van der Waals surface area contributed by atoms with Crippen molar-refractivity contribution in [2.75, 3.05) is 7.11 Å². The molecule has 1 rings (SSSR count). The molecule has 0 aliphatic rings. The van der Waals surface area contributed by atoms with Crippen LogP contribution in [0.3, 0.4) is 0 Å². The summed E-state index contributed by atoms with van der Waals surface area (Å²) >= 11 is 0. The maximum atomic E-state index is 6.36. The molecule has 1 heterocycles. The maximum absolute atomic E-state index is 6.36. The molecule has 0 aliphatic heterocycles. The van der Waals surface area contributed by atoms with Gasteiger partial charge in [0.1, 0.15) is 5.75 Å². The highest BCUT2D eigenvalue weighted by molar-refractivity contribution is 5.12. The summed E-state index contributed by atoms with van der Waals surface area (Å²) < 4.78 is 4.79. The minimum atomic E-state index is 0.590. The number of ether oxygens (including phenoxy) is 1. The molecule has 0 bridgehead atoms. The van der Waals surface area contributed by atoms with Crippen molar-refractivity contribution in [3.05, 3.63) is 17.9 Å². The number of nitrogens with zero attached hydrogens (tertiary/aromatic N) is 4. The Morgan fingerprint density at radius 1 is 1.90 bits per heavy atom. The summed E-state index contributed by atoms with van der Waals surface area (Å²) in [6.07, 6.45) is 2.99. The van der Waals surface area contributed by atoms with Crippen molar-refractivity contribution in [1.82, 2.24) is 9.89 Å². The summed E-state index contributed by atoms with van der Waals surface area (Å²) in [6.45, 7) is 0. The van der Waals surface area contributed by atoms with Crippen molar-refractivity contribution in [1.29, 1.82) is 5.53 Å². The smallest absolute Gasteiger partial charge is 0.140 e. The van der Waals surface area contributed by atoms with Crippen molar-refractivity contribution in [3.63, 3.8) is 0 Å². The zero-order valence-electron chi connectivity index (χ0n) is 5.35. The largest absolute Gasteiger partial charge is 0.495 e. The van der Waals surface area contributed by atoms with Gasteiger partial charge in [-0.15, -0.1) is 0 Å². The molecule has 0 atom stereocenters. The number of hydrogen-bond acceptors (Lipinski definition) is 4. The average Bonchev–Trinajstić information content (AvgIpc) is 2.37. The van der Waals surface area contributed by atoms with Crippen LogP contribution >= 0.6 is 0 Å². The molecule has 0 radical (unpaired) electrons. The van der Waals surface area contributed by atoms with Crippen LogP contribution in [0.1, 0.15) is 0 Å². The first-order valence-corrected chi connectivity index (χ1v) is 2.53. The predicted octanol–water partition coefficient (Wildman–Crippen LogP) is 0.974.